The predicted octanol–water partition coefficient (Wildman–Crippen LogP) is 2.38. The van der Waals surface area contributed by atoms with Crippen molar-refractivity contribution in [3.05, 3.63) is 40.3 Å². The van der Waals surface area contributed by atoms with E-state index in [9.17, 15) is 9.90 Å². The molecule has 2 heterocycles. The Hall–Kier alpha value is -1.83. The quantitative estimate of drug-likeness (QED) is 0.869. The van der Waals surface area contributed by atoms with E-state index in [2.05, 4.69) is 27.3 Å². The lowest BCUT2D eigenvalue weighted by atomic mass is 9.91. The molecule has 1 aliphatic rings. The van der Waals surface area contributed by atoms with Crippen LogP contribution in [0, 0.1) is 5.92 Å². The molecule has 0 radical (unpaired) electrons. The van der Waals surface area contributed by atoms with Gasteiger partial charge in [-0.3, -0.25) is 9.69 Å². The van der Waals surface area contributed by atoms with E-state index in [0.29, 0.717) is 17.5 Å². The number of hydrogen-bond donors (Lipinski definition) is 2. The molecule has 1 aromatic heterocycles. The first kappa shape index (κ1) is 17.0. The number of likely N-dealkylation sites (tertiary alicyclic amines) is 1. The van der Waals surface area contributed by atoms with E-state index in [1.165, 1.54) is 11.3 Å². The molecule has 7 heteroatoms. The van der Waals surface area contributed by atoms with E-state index in [1.54, 1.807) is 0 Å². The van der Waals surface area contributed by atoms with Crippen LogP contribution >= 0.6 is 11.3 Å². The third-order valence-electron chi connectivity index (χ3n) is 4.45. The maximum absolute atomic E-state index is 12.2. The molecule has 24 heavy (non-hydrogen) atoms. The van der Waals surface area contributed by atoms with Crippen molar-refractivity contribution in [1.82, 2.24) is 15.1 Å². The second-order valence-corrected chi connectivity index (χ2v) is 7.22. The summed E-state index contributed by atoms with van der Waals surface area (Å²) in [5.41, 5.74) is 0.740. The lowest BCUT2D eigenvalue weighted by Crippen LogP contribution is -2.45. The number of rotatable bonds is 5. The Bertz CT molecular complexity index is 676. The molecule has 1 aliphatic heterocycles. The lowest BCUT2D eigenvalue weighted by molar-refractivity contribution is 0.0471. The summed E-state index contributed by atoms with van der Waals surface area (Å²) in [4.78, 5) is 14.5. The van der Waals surface area contributed by atoms with Crippen LogP contribution in [0.25, 0.3) is 0 Å². The van der Waals surface area contributed by atoms with Crippen LogP contribution in [0.15, 0.2) is 30.3 Å². The van der Waals surface area contributed by atoms with Crippen LogP contribution in [0.3, 0.4) is 0 Å². The molecule has 2 aromatic rings. The Balaban J connectivity index is 1.63. The van der Waals surface area contributed by atoms with Crippen molar-refractivity contribution in [2.24, 2.45) is 5.92 Å². The molecule has 128 valence electrons. The maximum Gasteiger partial charge on any atom is 0.286 e. The standard InChI is InChI=1S/C17H22N4O2S/c1-12-6-5-9-21(14(12)11-22)10-15-19-20-17(24-15)16(23)18-13-7-3-2-4-8-13/h2-4,7-8,12,14,22H,5-6,9-11H2,1H3,(H,18,23)/t12-,14+/m1/s1. The molecule has 6 nitrogen and oxygen atoms in total. The third-order valence-corrected chi connectivity index (χ3v) is 5.36. The smallest absolute Gasteiger partial charge is 0.286 e. The van der Waals surface area contributed by atoms with E-state index >= 15 is 0 Å². The molecule has 1 fully saturated rings. The van der Waals surface area contributed by atoms with Crippen molar-refractivity contribution in [2.75, 3.05) is 18.5 Å². The minimum Gasteiger partial charge on any atom is -0.395 e. The summed E-state index contributed by atoms with van der Waals surface area (Å²) in [5.74, 6) is 0.230. The summed E-state index contributed by atoms with van der Waals surface area (Å²) in [6.07, 6.45) is 2.26. The zero-order valence-electron chi connectivity index (χ0n) is 13.7. The summed E-state index contributed by atoms with van der Waals surface area (Å²) in [5, 5.41) is 21.8. The van der Waals surface area contributed by atoms with Gasteiger partial charge in [-0.15, -0.1) is 10.2 Å². The first-order valence-corrected chi connectivity index (χ1v) is 9.02. The number of carbonyl (C=O) groups is 1. The number of nitrogens with one attached hydrogen (secondary N) is 1. The molecular formula is C17H22N4O2S. The van der Waals surface area contributed by atoms with Gasteiger partial charge in [0.05, 0.1) is 13.2 Å². The van der Waals surface area contributed by atoms with Crippen LogP contribution in [-0.4, -0.2) is 45.3 Å². The molecule has 2 atom stereocenters. The van der Waals surface area contributed by atoms with Crippen LogP contribution in [0.2, 0.25) is 0 Å². The van der Waals surface area contributed by atoms with Gasteiger partial charge in [-0.05, 0) is 37.4 Å². The summed E-state index contributed by atoms with van der Waals surface area (Å²) in [7, 11) is 0. The Morgan fingerprint density at radius 1 is 1.38 bits per heavy atom. The van der Waals surface area contributed by atoms with Crippen molar-refractivity contribution in [3.63, 3.8) is 0 Å². The van der Waals surface area contributed by atoms with Gasteiger partial charge in [0, 0.05) is 11.7 Å². The average Bonchev–Trinajstić information content (AvgIpc) is 3.05. The number of carbonyl (C=O) groups excluding carboxylic acids is 1. The fourth-order valence-electron chi connectivity index (χ4n) is 3.12. The van der Waals surface area contributed by atoms with Crippen LogP contribution in [0.1, 0.15) is 34.6 Å². The van der Waals surface area contributed by atoms with Crippen molar-refractivity contribution in [2.45, 2.75) is 32.4 Å². The van der Waals surface area contributed by atoms with E-state index in [4.69, 9.17) is 0 Å². The van der Waals surface area contributed by atoms with Crippen molar-refractivity contribution < 1.29 is 9.90 Å². The van der Waals surface area contributed by atoms with Gasteiger partial charge < -0.3 is 10.4 Å². The van der Waals surface area contributed by atoms with Crippen molar-refractivity contribution in [1.29, 1.82) is 0 Å². The third kappa shape index (κ3) is 3.98. The Morgan fingerprint density at radius 2 is 2.17 bits per heavy atom. The Kier molecular flexibility index (Phi) is 5.55. The number of anilines is 1. The molecular weight excluding hydrogens is 324 g/mol. The highest BCUT2D eigenvalue weighted by Gasteiger charge is 2.28. The summed E-state index contributed by atoms with van der Waals surface area (Å²) in [6, 6.07) is 9.46. The molecule has 1 saturated heterocycles. The molecule has 0 bridgehead atoms. The van der Waals surface area contributed by atoms with Crippen LogP contribution < -0.4 is 5.32 Å². The number of aromatic nitrogens is 2. The fourth-order valence-corrected chi connectivity index (χ4v) is 3.88. The zero-order valence-corrected chi connectivity index (χ0v) is 14.5. The van der Waals surface area contributed by atoms with Gasteiger partial charge >= 0.3 is 0 Å². The number of aliphatic hydroxyl groups is 1. The molecule has 1 aromatic carbocycles. The van der Waals surface area contributed by atoms with Gasteiger partial charge in [0.25, 0.3) is 5.91 Å². The number of aliphatic hydroxyl groups excluding tert-OH is 1. The van der Waals surface area contributed by atoms with Crippen molar-refractivity contribution in [3.8, 4) is 0 Å². The molecule has 1 amide bonds. The van der Waals surface area contributed by atoms with Crippen molar-refractivity contribution >= 4 is 22.9 Å². The Labute approximate surface area is 145 Å². The molecule has 0 aliphatic carbocycles. The molecule has 3 rings (SSSR count). The highest BCUT2D eigenvalue weighted by Crippen LogP contribution is 2.25. The van der Waals surface area contributed by atoms with E-state index in [0.717, 1.165) is 30.1 Å². The number of hydrogen-bond acceptors (Lipinski definition) is 6. The summed E-state index contributed by atoms with van der Waals surface area (Å²) < 4.78 is 0. The lowest BCUT2D eigenvalue weighted by Gasteiger charge is -2.38. The van der Waals surface area contributed by atoms with Gasteiger partial charge in [0.1, 0.15) is 5.01 Å². The number of para-hydroxylation sites is 1. The van der Waals surface area contributed by atoms with Crippen LogP contribution in [-0.2, 0) is 6.54 Å². The largest absolute Gasteiger partial charge is 0.395 e. The number of benzene rings is 1. The average molecular weight is 346 g/mol. The minimum absolute atomic E-state index is 0.154. The van der Waals surface area contributed by atoms with Gasteiger partial charge in [-0.25, -0.2) is 0 Å². The number of nitrogens with zero attached hydrogens (tertiary/aromatic N) is 3. The van der Waals surface area contributed by atoms with Gasteiger partial charge in [-0.2, -0.15) is 0 Å². The number of piperidine rings is 1. The topological polar surface area (TPSA) is 78.4 Å². The zero-order chi connectivity index (χ0) is 16.9. The highest BCUT2D eigenvalue weighted by atomic mass is 32.1. The SMILES string of the molecule is C[C@@H]1CCCN(Cc2nnc(C(=O)Nc3ccccc3)s2)[C@H]1CO. The van der Waals surface area contributed by atoms with E-state index in [-0.39, 0.29) is 18.6 Å². The van der Waals surface area contributed by atoms with E-state index in [1.807, 2.05) is 30.3 Å². The first-order valence-electron chi connectivity index (χ1n) is 8.21. The molecule has 0 saturated carbocycles. The first-order chi connectivity index (χ1) is 11.7. The van der Waals surface area contributed by atoms with E-state index < -0.39 is 0 Å². The van der Waals surface area contributed by atoms with Crippen LogP contribution in [0.5, 0.6) is 0 Å². The highest BCUT2D eigenvalue weighted by molar-refractivity contribution is 7.13. The van der Waals surface area contributed by atoms with Gasteiger partial charge in [0.15, 0.2) is 0 Å². The fraction of sp³-hybridized carbons (Fsp3) is 0.471. The number of amides is 1. The normalized spacial score (nSPS) is 21.6. The predicted molar refractivity (Wildman–Crippen MR) is 94.0 cm³/mol. The van der Waals surface area contributed by atoms with Crippen LogP contribution in [0.4, 0.5) is 5.69 Å². The second-order valence-electron chi connectivity index (χ2n) is 6.16. The molecule has 0 unspecified atom stereocenters. The molecule has 0 spiro atoms. The Morgan fingerprint density at radius 3 is 2.92 bits per heavy atom. The monoisotopic (exact) mass is 346 g/mol. The van der Waals surface area contributed by atoms with Gasteiger partial charge in [-0.1, -0.05) is 36.5 Å². The minimum atomic E-state index is -0.240. The summed E-state index contributed by atoms with van der Waals surface area (Å²) >= 11 is 1.31. The molecule has 2 N–H and O–H groups in total. The maximum atomic E-state index is 12.2. The summed E-state index contributed by atoms with van der Waals surface area (Å²) in [6.45, 7) is 3.90. The second kappa shape index (κ2) is 7.83. The van der Waals surface area contributed by atoms with Gasteiger partial charge in [0.2, 0.25) is 5.01 Å².